The van der Waals surface area contributed by atoms with E-state index in [0.29, 0.717) is 26.1 Å². The molecule has 1 heterocycles. The molecule has 0 aromatic rings. The summed E-state index contributed by atoms with van der Waals surface area (Å²) in [6, 6.07) is -0.846. The van der Waals surface area contributed by atoms with Crippen LogP contribution in [0.25, 0.3) is 0 Å². The van der Waals surface area contributed by atoms with Gasteiger partial charge in [0.1, 0.15) is 0 Å². The molecule has 0 aromatic heterocycles. The summed E-state index contributed by atoms with van der Waals surface area (Å²) < 4.78 is 11.7. The summed E-state index contributed by atoms with van der Waals surface area (Å²) in [6.45, 7) is 5.00. The first-order valence-electron chi connectivity index (χ1n) is 7.79. The first-order valence-corrected chi connectivity index (χ1v) is 7.79. The van der Waals surface area contributed by atoms with Crippen molar-refractivity contribution in [1.29, 1.82) is 0 Å². The van der Waals surface area contributed by atoms with Crippen LogP contribution in [0.3, 0.4) is 0 Å². The van der Waals surface area contributed by atoms with Crippen molar-refractivity contribution in [2.45, 2.75) is 64.2 Å². The number of hydrogen-bond donors (Lipinski definition) is 2. The fourth-order valence-electron chi connectivity index (χ4n) is 2.45. The molecule has 1 atom stereocenters. The number of carbonyl (C=O) groups is 2. The Kier molecular flexibility index (Phi) is 7.67. The van der Waals surface area contributed by atoms with Crippen LogP contribution in [0.5, 0.6) is 0 Å². The van der Waals surface area contributed by atoms with E-state index in [2.05, 4.69) is 17.6 Å². The van der Waals surface area contributed by atoms with Crippen LogP contribution in [0, 0.1) is 0 Å². The van der Waals surface area contributed by atoms with Gasteiger partial charge in [0.2, 0.25) is 0 Å². The van der Waals surface area contributed by atoms with Crippen LogP contribution in [-0.4, -0.2) is 43.9 Å². The number of nitrogens with one attached hydrogen (secondary N) is 2. The zero-order valence-electron chi connectivity index (χ0n) is 13.4. The van der Waals surface area contributed by atoms with Crippen LogP contribution < -0.4 is 10.6 Å². The molecule has 2 N–H and O–H groups in total. The average molecular weight is 300 g/mol. The Morgan fingerprint density at radius 1 is 1.24 bits per heavy atom. The van der Waals surface area contributed by atoms with Crippen LogP contribution in [-0.2, 0) is 14.3 Å². The molecule has 1 saturated heterocycles. The predicted molar refractivity (Wildman–Crippen MR) is 80.1 cm³/mol. The van der Waals surface area contributed by atoms with Crippen molar-refractivity contribution >= 4 is 11.8 Å². The molecule has 0 unspecified atom stereocenters. The molecule has 0 aromatic carbocycles. The van der Waals surface area contributed by atoms with Crippen LogP contribution in [0.1, 0.15) is 52.4 Å². The Balaban J connectivity index is 2.59. The Bertz CT molecular complexity index is 341. The molecule has 6 heteroatoms. The topological polar surface area (TPSA) is 76.7 Å². The van der Waals surface area contributed by atoms with Crippen molar-refractivity contribution in [3.63, 3.8) is 0 Å². The maximum atomic E-state index is 11.7. The molecule has 1 aliphatic heterocycles. The van der Waals surface area contributed by atoms with E-state index in [9.17, 15) is 9.59 Å². The highest BCUT2D eigenvalue weighted by Crippen LogP contribution is 2.30. The third-order valence-corrected chi connectivity index (χ3v) is 3.77. The van der Waals surface area contributed by atoms with Crippen LogP contribution in [0.2, 0.25) is 0 Å². The third-order valence-electron chi connectivity index (χ3n) is 3.77. The molecule has 1 rings (SSSR count). The summed E-state index contributed by atoms with van der Waals surface area (Å²) in [4.78, 5) is 23.1. The maximum absolute atomic E-state index is 11.7. The minimum atomic E-state index is -0.591. The molecule has 0 radical (unpaired) electrons. The fourth-order valence-corrected chi connectivity index (χ4v) is 2.45. The Hall–Kier alpha value is -1.14. The van der Waals surface area contributed by atoms with Crippen LogP contribution in [0.15, 0.2) is 0 Å². The van der Waals surface area contributed by atoms with Gasteiger partial charge in [0.25, 0.3) is 0 Å². The second-order valence-electron chi connectivity index (χ2n) is 5.49. The lowest BCUT2D eigenvalue weighted by atomic mass is 9.97. The molecular weight excluding hydrogens is 272 g/mol. The molecule has 1 aliphatic rings. The van der Waals surface area contributed by atoms with Gasteiger partial charge in [-0.3, -0.25) is 4.79 Å². The number of rotatable bonds is 8. The monoisotopic (exact) mass is 300 g/mol. The van der Waals surface area contributed by atoms with E-state index in [0.717, 1.165) is 25.7 Å². The van der Waals surface area contributed by atoms with Crippen molar-refractivity contribution in [2.75, 3.05) is 20.3 Å². The summed E-state index contributed by atoms with van der Waals surface area (Å²) in [5.74, 6) is -0.646. The van der Waals surface area contributed by atoms with E-state index in [1.807, 2.05) is 0 Å². The highest BCUT2D eigenvalue weighted by Gasteiger charge is 2.35. The number of amides is 2. The van der Waals surface area contributed by atoms with Crippen molar-refractivity contribution in [2.24, 2.45) is 0 Å². The Morgan fingerprint density at radius 2 is 1.90 bits per heavy atom. The lowest BCUT2D eigenvalue weighted by molar-refractivity contribution is -0.274. The molecule has 122 valence electrons. The van der Waals surface area contributed by atoms with Crippen molar-refractivity contribution in [3.05, 3.63) is 0 Å². The molecule has 0 bridgehead atoms. The number of urea groups is 1. The van der Waals surface area contributed by atoms with Gasteiger partial charge >= 0.3 is 6.03 Å². The number of carbonyl (C=O) groups excluding carboxylic acids is 2. The highest BCUT2D eigenvalue weighted by molar-refractivity contribution is 5.86. The number of unbranched alkanes of at least 4 members (excludes halogenated alkanes) is 1. The van der Waals surface area contributed by atoms with Gasteiger partial charge in [0, 0.05) is 19.9 Å². The lowest BCUT2D eigenvalue weighted by Gasteiger charge is -2.38. The summed E-state index contributed by atoms with van der Waals surface area (Å²) >= 11 is 0. The minimum Gasteiger partial charge on any atom is -0.350 e. The second-order valence-corrected chi connectivity index (χ2v) is 5.49. The third kappa shape index (κ3) is 6.01. The van der Waals surface area contributed by atoms with Gasteiger partial charge in [-0.25, -0.2) is 4.79 Å². The van der Waals surface area contributed by atoms with Gasteiger partial charge in [-0.05, 0) is 26.2 Å². The molecule has 6 nitrogen and oxygen atoms in total. The quantitative estimate of drug-likeness (QED) is 0.718. The second kappa shape index (κ2) is 9.00. The van der Waals surface area contributed by atoms with E-state index in [4.69, 9.17) is 9.47 Å². The first kappa shape index (κ1) is 17.9. The molecule has 21 heavy (non-hydrogen) atoms. The van der Waals surface area contributed by atoms with Gasteiger partial charge in [0.05, 0.1) is 19.3 Å². The van der Waals surface area contributed by atoms with E-state index in [1.165, 1.54) is 14.0 Å². The normalized spacial score (nSPS) is 18.8. The van der Waals surface area contributed by atoms with Gasteiger partial charge in [-0.15, -0.1) is 0 Å². The molecule has 1 fully saturated rings. The minimum absolute atomic E-state index is 0.0555. The van der Waals surface area contributed by atoms with Crippen molar-refractivity contribution in [1.82, 2.24) is 10.6 Å². The number of Topliss-reactive ketones (excluding diaryl/α,β-unsaturated/α-hetero) is 1. The smallest absolute Gasteiger partial charge is 0.315 e. The fraction of sp³-hybridized carbons (Fsp3) is 0.867. The standard InChI is InChI=1S/C15H28N2O4/c1-4-5-8-15(20-10-6-11-21-15)9-7-13(12(2)18)17-14(19)16-3/h13H,4-11H2,1-3H3,(H2,16,17,19)/t13-/m1/s1. The summed E-state index contributed by atoms with van der Waals surface area (Å²) in [5.41, 5.74) is 0. The summed E-state index contributed by atoms with van der Waals surface area (Å²) in [7, 11) is 1.53. The predicted octanol–water partition coefficient (Wildman–Crippen LogP) is 1.98. The largest absolute Gasteiger partial charge is 0.350 e. The number of hydrogen-bond acceptors (Lipinski definition) is 4. The van der Waals surface area contributed by atoms with Gasteiger partial charge < -0.3 is 20.1 Å². The lowest BCUT2D eigenvalue weighted by Crippen LogP contribution is -2.47. The first-order chi connectivity index (χ1) is 10.0. The molecule has 0 saturated carbocycles. The number of ketones is 1. The van der Waals surface area contributed by atoms with E-state index < -0.39 is 11.8 Å². The van der Waals surface area contributed by atoms with Gasteiger partial charge in [0.15, 0.2) is 11.6 Å². The summed E-state index contributed by atoms with van der Waals surface area (Å²) in [5, 5.41) is 5.14. The molecular formula is C15H28N2O4. The zero-order valence-corrected chi connectivity index (χ0v) is 13.4. The Morgan fingerprint density at radius 3 is 2.43 bits per heavy atom. The van der Waals surface area contributed by atoms with E-state index in [1.54, 1.807) is 0 Å². The van der Waals surface area contributed by atoms with Crippen molar-refractivity contribution in [3.8, 4) is 0 Å². The van der Waals surface area contributed by atoms with E-state index in [-0.39, 0.29) is 11.8 Å². The SMILES string of the molecule is CCCCC1(CC[C@@H](NC(=O)NC)C(C)=O)OCCCO1. The average Bonchev–Trinajstić information content (AvgIpc) is 2.50. The van der Waals surface area contributed by atoms with Crippen LogP contribution >= 0.6 is 0 Å². The van der Waals surface area contributed by atoms with Crippen molar-refractivity contribution < 1.29 is 19.1 Å². The number of ether oxygens (including phenoxy) is 2. The van der Waals surface area contributed by atoms with E-state index >= 15 is 0 Å². The van der Waals surface area contributed by atoms with Gasteiger partial charge in [-0.2, -0.15) is 0 Å². The maximum Gasteiger partial charge on any atom is 0.315 e. The summed E-state index contributed by atoms with van der Waals surface area (Å²) in [6.07, 6.45) is 4.96. The zero-order chi connectivity index (χ0) is 15.7. The van der Waals surface area contributed by atoms with Gasteiger partial charge in [-0.1, -0.05) is 13.3 Å². The highest BCUT2D eigenvalue weighted by atomic mass is 16.7. The van der Waals surface area contributed by atoms with Crippen LogP contribution in [0.4, 0.5) is 4.79 Å². The molecule has 2 amide bonds. The Labute approximate surface area is 126 Å². The molecule has 0 aliphatic carbocycles. The molecule has 0 spiro atoms.